The molecular weight excluding hydrogens is 326 g/mol. The maximum absolute atomic E-state index is 11.9. The van der Waals surface area contributed by atoms with Gasteiger partial charge in [-0.15, -0.1) is 0 Å². The van der Waals surface area contributed by atoms with E-state index in [0.29, 0.717) is 5.69 Å². The molecular formula is C13H12BrN3O3. The highest BCUT2D eigenvalue weighted by Crippen LogP contribution is 2.18. The van der Waals surface area contributed by atoms with Crippen LogP contribution in [0.1, 0.15) is 27.9 Å². The topological polar surface area (TPSA) is 87.2 Å². The molecule has 1 amide bonds. The highest BCUT2D eigenvalue weighted by atomic mass is 79.9. The van der Waals surface area contributed by atoms with Crippen LogP contribution in [0.4, 0.5) is 0 Å². The maximum Gasteiger partial charge on any atom is 0.357 e. The van der Waals surface area contributed by atoms with E-state index in [9.17, 15) is 9.59 Å². The number of amides is 1. The van der Waals surface area contributed by atoms with E-state index in [1.165, 1.54) is 10.7 Å². The summed E-state index contributed by atoms with van der Waals surface area (Å²) in [7, 11) is 0. The first-order chi connectivity index (χ1) is 9.52. The van der Waals surface area contributed by atoms with Gasteiger partial charge in [-0.3, -0.25) is 4.79 Å². The monoisotopic (exact) mass is 337 g/mol. The van der Waals surface area contributed by atoms with Crippen molar-refractivity contribution in [3.8, 4) is 5.69 Å². The Balaban J connectivity index is 2.55. The summed E-state index contributed by atoms with van der Waals surface area (Å²) in [5.41, 5.74) is 5.98. The molecule has 2 N–H and O–H groups in total. The Bertz CT molecular complexity index is 667. The van der Waals surface area contributed by atoms with Crippen LogP contribution in [0, 0.1) is 0 Å². The Kier molecular flexibility index (Phi) is 4.19. The van der Waals surface area contributed by atoms with Crippen molar-refractivity contribution in [1.82, 2.24) is 9.78 Å². The highest BCUT2D eigenvalue weighted by Gasteiger charge is 2.19. The van der Waals surface area contributed by atoms with E-state index in [1.807, 2.05) is 6.07 Å². The third kappa shape index (κ3) is 2.88. The Labute approximate surface area is 123 Å². The first-order valence-electron chi connectivity index (χ1n) is 5.86. The summed E-state index contributed by atoms with van der Waals surface area (Å²) in [4.78, 5) is 23.1. The summed E-state index contributed by atoms with van der Waals surface area (Å²) in [6, 6.07) is 8.47. The third-order valence-electron chi connectivity index (χ3n) is 2.50. The summed E-state index contributed by atoms with van der Waals surface area (Å²) < 4.78 is 7.11. The number of rotatable bonds is 4. The molecule has 0 bridgehead atoms. The average molecular weight is 338 g/mol. The van der Waals surface area contributed by atoms with Gasteiger partial charge in [-0.25, -0.2) is 9.48 Å². The first-order valence-corrected chi connectivity index (χ1v) is 6.65. The number of carbonyl (C=O) groups is 2. The van der Waals surface area contributed by atoms with Crippen molar-refractivity contribution < 1.29 is 14.3 Å². The number of aromatic nitrogens is 2. The predicted octanol–water partition coefficient (Wildman–Crippen LogP) is 1.91. The molecule has 0 aliphatic heterocycles. The van der Waals surface area contributed by atoms with Gasteiger partial charge in [0.15, 0.2) is 11.4 Å². The van der Waals surface area contributed by atoms with Crippen LogP contribution in [-0.4, -0.2) is 28.3 Å². The lowest BCUT2D eigenvalue weighted by molar-refractivity contribution is 0.0515. The van der Waals surface area contributed by atoms with E-state index < -0.39 is 11.9 Å². The van der Waals surface area contributed by atoms with Crippen LogP contribution in [0.5, 0.6) is 0 Å². The zero-order chi connectivity index (χ0) is 14.7. The SMILES string of the molecule is CCOC(=O)c1cc(C(N)=O)nn1-c1cccc(Br)c1. The number of nitrogens with zero attached hydrogens (tertiary/aromatic N) is 2. The van der Waals surface area contributed by atoms with Crippen molar-refractivity contribution in [3.05, 3.63) is 46.2 Å². The normalized spacial score (nSPS) is 10.3. The van der Waals surface area contributed by atoms with Crippen LogP contribution in [0.15, 0.2) is 34.8 Å². The lowest BCUT2D eigenvalue weighted by Crippen LogP contribution is -2.13. The van der Waals surface area contributed by atoms with Crippen LogP contribution < -0.4 is 5.73 Å². The molecule has 0 fully saturated rings. The maximum atomic E-state index is 11.9. The van der Waals surface area contributed by atoms with Gasteiger partial charge >= 0.3 is 5.97 Å². The largest absolute Gasteiger partial charge is 0.461 e. The standard InChI is InChI=1S/C13H12BrN3O3/c1-2-20-13(19)11-7-10(12(15)18)16-17(11)9-5-3-4-8(14)6-9/h3-7H,2H2,1H3,(H2,15,18). The van der Waals surface area contributed by atoms with E-state index >= 15 is 0 Å². The lowest BCUT2D eigenvalue weighted by Gasteiger charge is -2.06. The fourth-order valence-electron chi connectivity index (χ4n) is 1.66. The fraction of sp³-hybridized carbons (Fsp3) is 0.154. The Morgan fingerprint density at radius 1 is 1.40 bits per heavy atom. The predicted molar refractivity (Wildman–Crippen MR) is 75.7 cm³/mol. The Morgan fingerprint density at radius 2 is 2.15 bits per heavy atom. The Hall–Kier alpha value is -2.15. The molecule has 1 aromatic heterocycles. The molecule has 0 aliphatic carbocycles. The molecule has 6 nitrogen and oxygen atoms in total. The van der Waals surface area contributed by atoms with Crippen LogP contribution in [0.3, 0.4) is 0 Å². The molecule has 0 saturated heterocycles. The van der Waals surface area contributed by atoms with E-state index in [-0.39, 0.29) is 18.0 Å². The van der Waals surface area contributed by atoms with Crippen molar-refractivity contribution in [3.63, 3.8) is 0 Å². The van der Waals surface area contributed by atoms with E-state index in [1.54, 1.807) is 25.1 Å². The van der Waals surface area contributed by atoms with Gasteiger partial charge in [0.05, 0.1) is 12.3 Å². The molecule has 0 unspecified atom stereocenters. The van der Waals surface area contributed by atoms with Gasteiger partial charge in [-0.2, -0.15) is 5.10 Å². The summed E-state index contributed by atoms with van der Waals surface area (Å²) in [5.74, 6) is -1.27. The fourth-order valence-corrected chi connectivity index (χ4v) is 2.04. The van der Waals surface area contributed by atoms with E-state index in [0.717, 1.165) is 4.47 Å². The van der Waals surface area contributed by atoms with Gasteiger partial charge in [0, 0.05) is 10.5 Å². The number of hydrogen-bond acceptors (Lipinski definition) is 4. The molecule has 0 saturated carbocycles. The molecule has 0 atom stereocenters. The van der Waals surface area contributed by atoms with Gasteiger partial charge in [-0.05, 0) is 25.1 Å². The smallest absolute Gasteiger partial charge is 0.357 e. The second-order valence-electron chi connectivity index (χ2n) is 3.89. The second kappa shape index (κ2) is 5.87. The number of halogens is 1. The first kappa shape index (κ1) is 14.3. The number of benzene rings is 1. The van der Waals surface area contributed by atoms with Gasteiger partial charge in [0.2, 0.25) is 0 Å². The minimum Gasteiger partial charge on any atom is -0.461 e. The highest BCUT2D eigenvalue weighted by molar-refractivity contribution is 9.10. The van der Waals surface area contributed by atoms with Crippen molar-refractivity contribution in [1.29, 1.82) is 0 Å². The second-order valence-corrected chi connectivity index (χ2v) is 4.81. The zero-order valence-corrected chi connectivity index (χ0v) is 12.3. The summed E-state index contributed by atoms with van der Waals surface area (Å²) in [5, 5.41) is 4.04. The number of carbonyl (C=O) groups excluding carboxylic acids is 2. The number of hydrogen-bond donors (Lipinski definition) is 1. The lowest BCUT2D eigenvalue weighted by atomic mass is 10.3. The number of esters is 1. The van der Waals surface area contributed by atoms with E-state index in [4.69, 9.17) is 10.5 Å². The van der Waals surface area contributed by atoms with Gasteiger partial charge < -0.3 is 10.5 Å². The molecule has 7 heteroatoms. The minimum atomic E-state index is -0.704. The summed E-state index contributed by atoms with van der Waals surface area (Å²) in [6.07, 6.45) is 0. The van der Waals surface area contributed by atoms with Gasteiger partial charge in [0.1, 0.15) is 0 Å². The number of nitrogens with two attached hydrogens (primary N) is 1. The van der Waals surface area contributed by atoms with Gasteiger partial charge in [-0.1, -0.05) is 22.0 Å². The summed E-state index contributed by atoms with van der Waals surface area (Å²) >= 11 is 3.34. The zero-order valence-electron chi connectivity index (χ0n) is 10.7. The molecule has 2 aromatic rings. The van der Waals surface area contributed by atoms with Crippen molar-refractivity contribution >= 4 is 27.8 Å². The minimum absolute atomic E-state index is 0.00743. The molecule has 104 valence electrons. The van der Waals surface area contributed by atoms with Crippen LogP contribution in [0.25, 0.3) is 5.69 Å². The van der Waals surface area contributed by atoms with Crippen LogP contribution in [-0.2, 0) is 4.74 Å². The van der Waals surface area contributed by atoms with Crippen LogP contribution >= 0.6 is 15.9 Å². The molecule has 0 radical (unpaired) electrons. The van der Waals surface area contributed by atoms with E-state index in [2.05, 4.69) is 21.0 Å². The molecule has 2 rings (SSSR count). The van der Waals surface area contributed by atoms with Crippen molar-refractivity contribution in [2.75, 3.05) is 6.61 Å². The molecule has 0 spiro atoms. The molecule has 1 heterocycles. The molecule has 1 aromatic carbocycles. The average Bonchev–Trinajstić information content (AvgIpc) is 2.84. The van der Waals surface area contributed by atoms with Crippen molar-refractivity contribution in [2.45, 2.75) is 6.92 Å². The number of ether oxygens (including phenoxy) is 1. The summed E-state index contributed by atoms with van der Waals surface area (Å²) in [6.45, 7) is 1.93. The molecule has 0 aliphatic rings. The quantitative estimate of drug-likeness (QED) is 0.863. The third-order valence-corrected chi connectivity index (χ3v) is 2.99. The Morgan fingerprint density at radius 3 is 2.75 bits per heavy atom. The van der Waals surface area contributed by atoms with Crippen molar-refractivity contribution in [2.24, 2.45) is 5.73 Å². The van der Waals surface area contributed by atoms with Crippen LogP contribution in [0.2, 0.25) is 0 Å². The number of primary amides is 1. The molecule has 20 heavy (non-hydrogen) atoms. The van der Waals surface area contributed by atoms with Gasteiger partial charge in [0.25, 0.3) is 5.91 Å².